The average molecular weight is 308 g/mol. The molecule has 2 aromatic carbocycles. The summed E-state index contributed by atoms with van der Waals surface area (Å²) in [6.45, 7) is 2.00. The number of methoxy groups -OCH3 is 1. The number of para-hydroxylation sites is 1. The molecule has 2 rings (SSSR count). The van der Waals surface area contributed by atoms with E-state index >= 15 is 0 Å². The molecule has 0 saturated carbocycles. The lowest BCUT2D eigenvalue weighted by atomic mass is 10.1. The first-order valence-electron chi connectivity index (χ1n) is 6.45. The second-order valence-electron chi connectivity index (χ2n) is 4.66. The number of rotatable bonds is 5. The fourth-order valence-corrected chi connectivity index (χ4v) is 3.36. The summed E-state index contributed by atoms with van der Waals surface area (Å²) in [4.78, 5) is 2.10. The normalized spacial score (nSPS) is 12.2. The van der Waals surface area contributed by atoms with Crippen molar-refractivity contribution in [1.29, 1.82) is 0 Å². The Bertz CT molecular complexity index is 586. The Morgan fingerprint density at radius 2 is 1.95 bits per heavy atom. The molecule has 106 valence electrons. The van der Waals surface area contributed by atoms with Gasteiger partial charge in [0.25, 0.3) is 0 Å². The quantitative estimate of drug-likeness (QED) is 0.890. The van der Waals surface area contributed by atoms with Crippen LogP contribution in [0.15, 0.2) is 52.3 Å². The van der Waals surface area contributed by atoms with E-state index in [-0.39, 0.29) is 6.04 Å². The van der Waals surface area contributed by atoms with Crippen molar-refractivity contribution in [1.82, 2.24) is 0 Å². The summed E-state index contributed by atoms with van der Waals surface area (Å²) in [5.41, 5.74) is 7.09. The first-order chi connectivity index (χ1) is 9.61. The number of nitrogens with two attached hydrogens (primary N) is 1. The van der Waals surface area contributed by atoms with E-state index in [0.717, 1.165) is 27.0 Å². The van der Waals surface area contributed by atoms with Crippen LogP contribution in [0, 0.1) is 0 Å². The summed E-state index contributed by atoms with van der Waals surface area (Å²) >= 11 is 7.98. The van der Waals surface area contributed by atoms with E-state index in [1.165, 1.54) is 5.56 Å². The van der Waals surface area contributed by atoms with Gasteiger partial charge in [0, 0.05) is 10.9 Å². The molecule has 20 heavy (non-hydrogen) atoms. The third-order valence-electron chi connectivity index (χ3n) is 2.87. The van der Waals surface area contributed by atoms with Crippen LogP contribution in [0.5, 0.6) is 5.75 Å². The second-order valence-corrected chi connectivity index (χ2v) is 6.12. The highest BCUT2D eigenvalue weighted by molar-refractivity contribution is 7.99. The highest BCUT2D eigenvalue weighted by Crippen LogP contribution is 2.40. The molecule has 4 heteroatoms. The van der Waals surface area contributed by atoms with Crippen LogP contribution in [0.1, 0.15) is 12.5 Å². The number of hydrogen-bond acceptors (Lipinski definition) is 3. The molecular formula is C16H18ClNOS. The van der Waals surface area contributed by atoms with Gasteiger partial charge < -0.3 is 10.5 Å². The van der Waals surface area contributed by atoms with Gasteiger partial charge in [-0.2, -0.15) is 0 Å². The van der Waals surface area contributed by atoms with Gasteiger partial charge in [-0.3, -0.25) is 0 Å². The summed E-state index contributed by atoms with van der Waals surface area (Å²) in [6, 6.07) is 14.0. The van der Waals surface area contributed by atoms with Crippen molar-refractivity contribution in [2.45, 2.75) is 29.2 Å². The highest BCUT2D eigenvalue weighted by atomic mass is 35.5. The molecule has 0 heterocycles. The average Bonchev–Trinajstić information content (AvgIpc) is 2.42. The van der Waals surface area contributed by atoms with E-state index in [1.54, 1.807) is 18.9 Å². The Morgan fingerprint density at radius 1 is 1.20 bits per heavy atom. The fourth-order valence-electron chi connectivity index (χ4n) is 1.99. The van der Waals surface area contributed by atoms with E-state index in [1.807, 2.05) is 43.3 Å². The molecule has 0 aliphatic rings. The van der Waals surface area contributed by atoms with E-state index in [9.17, 15) is 0 Å². The van der Waals surface area contributed by atoms with Crippen molar-refractivity contribution in [2.75, 3.05) is 7.11 Å². The molecule has 0 bridgehead atoms. The molecule has 0 radical (unpaired) electrons. The second kappa shape index (κ2) is 7.02. The van der Waals surface area contributed by atoms with Gasteiger partial charge in [0.15, 0.2) is 0 Å². The van der Waals surface area contributed by atoms with Crippen LogP contribution in [0.4, 0.5) is 0 Å². The Balaban J connectivity index is 2.37. The van der Waals surface area contributed by atoms with Crippen LogP contribution < -0.4 is 10.5 Å². The van der Waals surface area contributed by atoms with Gasteiger partial charge in [0.2, 0.25) is 0 Å². The molecule has 0 saturated heterocycles. The minimum Gasteiger partial charge on any atom is -0.496 e. The molecular weight excluding hydrogens is 290 g/mol. The maximum Gasteiger partial charge on any atom is 0.132 e. The highest BCUT2D eigenvalue weighted by Gasteiger charge is 2.12. The minimum atomic E-state index is 0.102. The van der Waals surface area contributed by atoms with Gasteiger partial charge in [0.1, 0.15) is 5.75 Å². The number of halogens is 1. The number of hydrogen-bond donors (Lipinski definition) is 1. The van der Waals surface area contributed by atoms with Gasteiger partial charge >= 0.3 is 0 Å². The van der Waals surface area contributed by atoms with Gasteiger partial charge in [-0.15, -0.1) is 0 Å². The lowest BCUT2D eigenvalue weighted by Crippen LogP contribution is -2.18. The maximum atomic E-state index is 6.36. The van der Waals surface area contributed by atoms with Crippen molar-refractivity contribution in [2.24, 2.45) is 5.73 Å². The summed E-state index contributed by atoms with van der Waals surface area (Å²) in [5, 5.41) is 0.749. The van der Waals surface area contributed by atoms with E-state index in [4.69, 9.17) is 22.1 Å². The lowest BCUT2D eigenvalue weighted by molar-refractivity contribution is 0.405. The van der Waals surface area contributed by atoms with Crippen LogP contribution in [0.3, 0.4) is 0 Å². The molecule has 0 spiro atoms. The molecule has 1 atom stereocenters. The van der Waals surface area contributed by atoms with Crippen molar-refractivity contribution >= 4 is 23.4 Å². The summed E-state index contributed by atoms with van der Waals surface area (Å²) in [5.74, 6) is 0.851. The largest absolute Gasteiger partial charge is 0.496 e. The monoisotopic (exact) mass is 307 g/mol. The van der Waals surface area contributed by atoms with E-state index in [0.29, 0.717) is 0 Å². The fraction of sp³-hybridized carbons (Fsp3) is 0.250. The number of benzene rings is 2. The molecule has 2 nitrogen and oxygen atoms in total. The molecule has 0 fully saturated rings. The summed E-state index contributed by atoms with van der Waals surface area (Å²) in [6.07, 6.45) is 0.804. The van der Waals surface area contributed by atoms with Crippen molar-refractivity contribution in [3.05, 3.63) is 53.1 Å². The maximum absolute atomic E-state index is 6.36. The first-order valence-corrected chi connectivity index (χ1v) is 7.65. The summed E-state index contributed by atoms with van der Waals surface area (Å²) < 4.78 is 5.39. The Morgan fingerprint density at radius 3 is 2.65 bits per heavy atom. The zero-order chi connectivity index (χ0) is 14.5. The minimum absolute atomic E-state index is 0.102. The van der Waals surface area contributed by atoms with Crippen LogP contribution in [-0.2, 0) is 6.42 Å². The lowest BCUT2D eigenvalue weighted by Gasteiger charge is -2.14. The molecule has 0 aliphatic heterocycles. The van der Waals surface area contributed by atoms with Crippen molar-refractivity contribution in [3.8, 4) is 5.75 Å². The SMILES string of the molecule is COc1ccccc1Sc1c(Cl)cccc1CC(C)N. The van der Waals surface area contributed by atoms with Gasteiger partial charge in [-0.1, -0.05) is 47.6 Å². The third kappa shape index (κ3) is 3.69. The molecule has 0 aliphatic carbocycles. The molecule has 2 aromatic rings. The molecule has 1 unspecified atom stereocenters. The van der Waals surface area contributed by atoms with Crippen LogP contribution in [0.2, 0.25) is 5.02 Å². The van der Waals surface area contributed by atoms with E-state index < -0.39 is 0 Å². The standard InChI is InChI=1S/C16H18ClNOS/c1-11(18)10-12-6-5-7-13(17)16(12)20-15-9-4-3-8-14(15)19-2/h3-9,11H,10,18H2,1-2H3. The molecule has 2 N–H and O–H groups in total. The van der Waals surface area contributed by atoms with Crippen molar-refractivity contribution in [3.63, 3.8) is 0 Å². The zero-order valence-electron chi connectivity index (χ0n) is 11.6. The predicted octanol–water partition coefficient (Wildman–Crippen LogP) is 4.39. The Kier molecular flexibility index (Phi) is 5.35. The smallest absolute Gasteiger partial charge is 0.132 e. The topological polar surface area (TPSA) is 35.2 Å². The van der Waals surface area contributed by atoms with Gasteiger partial charge in [-0.05, 0) is 37.1 Å². The first kappa shape index (κ1) is 15.2. The van der Waals surface area contributed by atoms with Gasteiger partial charge in [-0.25, -0.2) is 0 Å². The summed E-state index contributed by atoms with van der Waals surface area (Å²) in [7, 11) is 1.68. The Labute approximate surface area is 129 Å². The predicted molar refractivity (Wildman–Crippen MR) is 85.9 cm³/mol. The van der Waals surface area contributed by atoms with Crippen LogP contribution >= 0.6 is 23.4 Å². The van der Waals surface area contributed by atoms with E-state index in [2.05, 4.69) is 6.07 Å². The third-order valence-corrected chi connectivity index (χ3v) is 4.54. The molecule has 0 amide bonds. The number of ether oxygens (including phenoxy) is 1. The van der Waals surface area contributed by atoms with Gasteiger partial charge in [0.05, 0.1) is 17.0 Å². The van der Waals surface area contributed by atoms with Crippen LogP contribution in [0.25, 0.3) is 0 Å². The van der Waals surface area contributed by atoms with Crippen molar-refractivity contribution < 1.29 is 4.74 Å². The van der Waals surface area contributed by atoms with Crippen LogP contribution in [-0.4, -0.2) is 13.2 Å². The zero-order valence-corrected chi connectivity index (χ0v) is 13.2. The molecule has 0 aromatic heterocycles. The Hall–Kier alpha value is -1.16.